The molecule has 29 heavy (non-hydrogen) atoms. The van der Waals surface area contributed by atoms with Gasteiger partial charge in [0.2, 0.25) is 5.91 Å². The van der Waals surface area contributed by atoms with E-state index in [4.69, 9.17) is 10.5 Å². The number of likely N-dealkylation sites (tertiary alicyclic amines) is 1. The van der Waals surface area contributed by atoms with Crippen molar-refractivity contribution in [3.8, 4) is 0 Å². The second-order valence-electron chi connectivity index (χ2n) is 7.21. The molecule has 0 saturated carbocycles. The lowest BCUT2D eigenvalue weighted by Gasteiger charge is -2.26. The van der Waals surface area contributed by atoms with E-state index in [1.807, 2.05) is 41.3 Å². The molecule has 1 aliphatic rings. The molecular formula is C24H31FN2O2. The second-order valence-corrected chi connectivity index (χ2v) is 7.21. The second kappa shape index (κ2) is 12.1. The predicted molar refractivity (Wildman–Crippen MR) is 115 cm³/mol. The Morgan fingerprint density at radius 2 is 1.93 bits per heavy atom. The summed E-state index contributed by atoms with van der Waals surface area (Å²) in [4.78, 5) is 14.3. The van der Waals surface area contributed by atoms with Gasteiger partial charge in [0.25, 0.3) is 0 Å². The Morgan fingerprint density at radius 3 is 2.55 bits per heavy atom. The van der Waals surface area contributed by atoms with Crippen molar-refractivity contribution in [3.63, 3.8) is 0 Å². The molecule has 3 rings (SSSR count). The third-order valence-corrected chi connectivity index (χ3v) is 4.94. The molecule has 0 bridgehead atoms. The average Bonchev–Trinajstić information content (AvgIpc) is 3.19. The fourth-order valence-corrected chi connectivity index (χ4v) is 3.48. The summed E-state index contributed by atoms with van der Waals surface area (Å²) in [6, 6.07) is 15.9. The molecule has 0 spiro atoms. The minimum atomic E-state index is -0.564. The summed E-state index contributed by atoms with van der Waals surface area (Å²) in [5, 5.41) is 0. The fourth-order valence-electron chi connectivity index (χ4n) is 3.48. The van der Waals surface area contributed by atoms with Gasteiger partial charge in [-0.25, -0.2) is 4.39 Å². The maximum Gasteiger partial charge on any atom is 0.240 e. The summed E-state index contributed by atoms with van der Waals surface area (Å²) in [7, 11) is 1.70. The van der Waals surface area contributed by atoms with Gasteiger partial charge in [0.15, 0.2) is 0 Å². The van der Waals surface area contributed by atoms with Gasteiger partial charge >= 0.3 is 0 Å². The number of nitrogens with two attached hydrogens (primary N) is 1. The van der Waals surface area contributed by atoms with Gasteiger partial charge in [0, 0.05) is 19.7 Å². The number of rotatable bonds is 7. The molecule has 2 atom stereocenters. The van der Waals surface area contributed by atoms with Gasteiger partial charge in [0.1, 0.15) is 5.82 Å². The molecule has 1 heterocycles. The zero-order valence-electron chi connectivity index (χ0n) is 17.1. The van der Waals surface area contributed by atoms with Crippen molar-refractivity contribution >= 4 is 5.91 Å². The smallest absolute Gasteiger partial charge is 0.240 e. The maximum atomic E-state index is 12.8. The summed E-state index contributed by atoms with van der Waals surface area (Å²) in [6.07, 6.45) is 5.14. The standard InChI is InChI=1S/C16H21FN2O.C8H10O/c1-2-4-14-5-3-10-19(14)16(20)15(18)11-12-6-8-13(17)9-7-12;1-9-7-8-5-3-2-4-6-8/h2,6-9,14-15H,1,3-5,10-11,18H2;2-6H,7H2,1H3. The number of benzene rings is 2. The topological polar surface area (TPSA) is 55.6 Å². The van der Waals surface area contributed by atoms with Crippen molar-refractivity contribution in [3.05, 3.63) is 84.2 Å². The van der Waals surface area contributed by atoms with E-state index in [1.165, 1.54) is 17.7 Å². The first kappa shape index (κ1) is 22.8. The molecular weight excluding hydrogens is 367 g/mol. The number of carbonyl (C=O) groups is 1. The summed E-state index contributed by atoms with van der Waals surface area (Å²) >= 11 is 0. The van der Waals surface area contributed by atoms with Crippen LogP contribution in [0.4, 0.5) is 4.39 Å². The van der Waals surface area contributed by atoms with E-state index in [2.05, 4.69) is 6.58 Å². The first-order valence-electron chi connectivity index (χ1n) is 9.99. The molecule has 2 aromatic rings. The van der Waals surface area contributed by atoms with Crippen LogP contribution >= 0.6 is 0 Å². The maximum absolute atomic E-state index is 12.8. The highest BCUT2D eigenvalue weighted by atomic mass is 19.1. The zero-order valence-corrected chi connectivity index (χ0v) is 17.1. The van der Waals surface area contributed by atoms with Crippen molar-refractivity contribution < 1.29 is 13.9 Å². The van der Waals surface area contributed by atoms with Crippen molar-refractivity contribution in [1.29, 1.82) is 0 Å². The quantitative estimate of drug-likeness (QED) is 0.715. The minimum Gasteiger partial charge on any atom is -0.380 e. The highest BCUT2D eigenvalue weighted by Crippen LogP contribution is 2.21. The van der Waals surface area contributed by atoms with E-state index < -0.39 is 6.04 Å². The van der Waals surface area contributed by atoms with Crippen LogP contribution in [-0.4, -0.2) is 36.5 Å². The van der Waals surface area contributed by atoms with E-state index in [0.29, 0.717) is 13.0 Å². The largest absolute Gasteiger partial charge is 0.380 e. The molecule has 1 aliphatic heterocycles. The molecule has 1 amide bonds. The van der Waals surface area contributed by atoms with Gasteiger partial charge in [-0.2, -0.15) is 0 Å². The van der Waals surface area contributed by atoms with Crippen molar-refractivity contribution in [2.75, 3.05) is 13.7 Å². The minimum absolute atomic E-state index is 0.0151. The Labute approximate surface area is 173 Å². The Balaban J connectivity index is 0.000000278. The van der Waals surface area contributed by atoms with Crippen molar-refractivity contribution in [1.82, 2.24) is 4.90 Å². The summed E-state index contributed by atoms with van der Waals surface area (Å²) in [6.45, 7) is 5.22. The van der Waals surface area contributed by atoms with Crippen LogP contribution in [0.25, 0.3) is 0 Å². The highest BCUT2D eigenvalue weighted by molar-refractivity contribution is 5.82. The molecule has 156 valence electrons. The van der Waals surface area contributed by atoms with Crippen LogP contribution in [0.3, 0.4) is 0 Å². The van der Waals surface area contributed by atoms with Crippen LogP contribution in [0.1, 0.15) is 30.4 Å². The van der Waals surface area contributed by atoms with E-state index in [9.17, 15) is 9.18 Å². The molecule has 4 nitrogen and oxygen atoms in total. The lowest BCUT2D eigenvalue weighted by Crippen LogP contribution is -2.46. The Bertz CT molecular complexity index is 749. The van der Waals surface area contributed by atoms with E-state index in [1.54, 1.807) is 19.2 Å². The predicted octanol–water partition coefficient (Wildman–Crippen LogP) is 4.10. The fraction of sp³-hybridized carbons (Fsp3) is 0.375. The molecule has 5 heteroatoms. The van der Waals surface area contributed by atoms with Crippen LogP contribution in [0.15, 0.2) is 67.3 Å². The van der Waals surface area contributed by atoms with Crippen LogP contribution in [0.5, 0.6) is 0 Å². The molecule has 2 aromatic carbocycles. The van der Waals surface area contributed by atoms with E-state index in [-0.39, 0.29) is 17.8 Å². The number of carbonyl (C=O) groups excluding carboxylic acids is 1. The number of methoxy groups -OCH3 is 1. The summed E-state index contributed by atoms with van der Waals surface area (Å²) in [5.41, 5.74) is 8.12. The first-order chi connectivity index (χ1) is 14.0. The highest BCUT2D eigenvalue weighted by Gasteiger charge is 2.30. The lowest BCUT2D eigenvalue weighted by atomic mass is 10.0. The molecule has 2 N–H and O–H groups in total. The Kier molecular flexibility index (Phi) is 9.54. The van der Waals surface area contributed by atoms with E-state index in [0.717, 1.165) is 31.4 Å². The monoisotopic (exact) mass is 398 g/mol. The SMILES string of the molecule is C=CCC1CCCN1C(=O)C(N)Cc1ccc(F)cc1.COCc1ccccc1. The number of hydrogen-bond donors (Lipinski definition) is 1. The van der Waals surface area contributed by atoms with E-state index >= 15 is 0 Å². The zero-order chi connectivity index (χ0) is 21.1. The number of nitrogens with zero attached hydrogens (tertiary/aromatic N) is 1. The number of amides is 1. The van der Waals surface area contributed by atoms with Gasteiger partial charge < -0.3 is 15.4 Å². The van der Waals surface area contributed by atoms with Gasteiger partial charge in [-0.05, 0) is 48.9 Å². The van der Waals surface area contributed by atoms with Gasteiger partial charge in [-0.1, -0.05) is 48.5 Å². The molecule has 0 radical (unpaired) electrons. The van der Waals surface area contributed by atoms with Gasteiger partial charge in [0.05, 0.1) is 12.6 Å². The summed E-state index contributed by atoms with van der Waals surface area (Å²) < 4.78 is 17.8. The molecule has 0 aromatic heterocycles. The first-order valence-corrected chi connectivity index (χ1v) is 9.99. The Morgan fingerprint density at radius 1 is 1.24 bits per heavy atom. The molecule has 0 aliphatic carbocycles. The third kappa shape index (κ3) is 7.44. The average molecular weight is 399 g/mol. The third-order valence-electron chi connectivity index (χ3n) is 4.94. The number of hydrogen-bond acceptors (Lipinski definition) is 3. The molecule has 1 fully saturated rings. The van der Waals surface area contributed by atoms with Gasteiger partial charge in [-0.15, -0.1) is 6.58 Å². The van der Waals surface area contributed by atoms with Crippen LogP contribution < -0.4 is 5.73 Å². The summed E-state index contributed by atoms with van der Waals surface area (Å²) in [5.74, 6) is -0.294. The number of ether oxygens (including phenoxy) is 1. The number of halogens is 1. The van der Waals surface area contributed by atoms with Gasteiger partial charge in [-0.3, -0.25) is 4.79 Å². The Hall–Kier alpha value is -2.50. The van der Waals surface area contributed by atoms with Crippen molar-refractivity contribution in [2.45, 2.75) is 44.4 Å². The lowest BCUT2D eigenvalue weighted by molar-refractivity contribution is -0.133. The molecule has 2 unspecified atom stereocenters. The van der Waals surface area contributed by atoms with Crippen LogP contribution in [0.2, 0.25) is 0 Å². The van der Waals surface area contributed by atoms with Crippen molar-refractivity contribution in [2.24, 2.45) is 5.73 Å². The van der Waals surface area contributed by atoms with Crippen LogP contribution in [-0.2, 0) is 22.6 Å². The normalized spacial score (nSPS) is 16.7. The van der Waals surface area contributed by atoms with Crippen LogP contribution in [0, 0.1) is 5.82 Å². The molecule has 1 saturated heterocycles.